The van der Waals surface area contributed by atoms with E-state index in [2.05, 4.69) is 23.2 Å². The van der Waals surface area contributed by atoms with Crippen molar-refractivity contribution in [2.75, 3.05) is 12.4 Å². The van der Waals surface area contributed by atoms with E-state index in [1.165, 1.54) is 11.1 Å². The first kappa shape index (κ1) is 10.6. The zero-order chi connectivity index (χ0) is 8.39. The third-order valence-corrected chi connectivity index (χ3v) is 2.39. The number of nitrogens with zero attached hydrogens (tertiary/aromatic N) is 1. The van der Waals surface area contributed by atoms with Crippen molar-refractivity contribution in [3.63, 3.8) is 0 Å². The number of benzene rings is 1. The topological polar surface area (TPSA) is 12.4 Å². The van der Waals surface area contributed by atoms with E-state index in [9.17, 15) is 0 Å². The Morgan fingerprint density at radius 3 is 2.85 bits per heavy atom. The lowest BCUT2D eigenvalue weighted by Gasteiger charge is -2.14. The Balaban J connectivity index is 0.000000845. The van der Waals surface area contributed by atoms with Crippen LogP contribution in [0.25, 0.3) is 0 Å². The van der Waals surface area contributed by atoms with Crippen LogP contribution in [0.2, 0.25) is 0 Å². The third kappa shape index (κ3) is 2.04. The normalized spacial score (nSPS) is 14.1. The molecule has 0 N–H and O–H groups in total. The lowest BCUT2D eigenvalue weighted by molar-refractivity contribution is 0.942. The van der Waals surface area contributed by atoms with Crippen molar-refractivity contribution < 1.29 is 0 Å². The van der Waals surface area contributed by atoms with Crippen LogP contribution in [-0.4, -0.2) is 18.1 Å². The second kappa shape index (κ2) is 4.64. The molecule has 0 aliphatic carbocycles. The highest BCUT2D eigenvalue weighted by molar-refractivity contribution is 6.32. The summed E-state index contributed by atoms with van der Waals surface area (Å²) in [5, 5.41) is 0. The summed E-state index contributed by atoms with van der Waals surface area (Å²) in [6.07, 6.45) is 1.05. The molecule has 1 aliphatic heterocycles. The van der Waals surface area contributed by atoms with Crippen molar-refractivity contribution in [3.05, 3.63) is 35.4 Å². The Bertz CT molecular complexity index is 320. The first-order valence-corrected chi connectivity index (χ1v) is 4.63. The van der Waals surface area contributed by atoms with Crippen LogP contribution < -0.4 is 0 Å². The fourth-order valence-electron chi connectivity index (χ4n) is 1.53. The summed E-state index contributed by atoms with van der Waals surface area (Å²) in [6, 6.07) is 8.34. The molecule has 1 nitrogen and oxygen atoms in total. The molecule has 1 aromatic rings. The van der Waals surface area contributed by atoms with Crippen LogP contribution in [0, 0.1) is 0 Å². The highest BCUT2D eigenvalue weighted by Gasteiger charge is 2.11. The number of halogens is 2. The van der Waals surface area contributed by atoms with Gasteiger partial charge in [-0.05, 0) is 17.5 Å². The number of hydrogen-bond donors (Lipinski definition) is 0. The number of rotatable bonds is 1. The summed E-state index contributed by atoms with van der Waals surface area (Å²) in [7, 11) is 0. The summed E-state index contributed by atoms with van der Waals surface area (Å²) in [4.78, 5) is 4.37. The number of aliphatic imine (C=N–C) groups is 1. The molecule has 0 saturated heterocycles. The van der Waals surface area contributed by atoms with Gasteiger partial charge in [0.15, 0.2) is 0 Å². The molecule has 3 heteroatoms. The second-order valence-electron chi connectivity index (χ2n) is 2.87. The zero-order valence-corrected chi connectivity index (χ0v) is 8.74. The van der Waals surface area contributed by atoms with Crippen LogP contribution in [0.3, 0.4) is 0 Å². The van der Waals surface area contributed by atoms with Crippen molar-refractivity contribution in [2.45, 2.75) is 6.42 Å². The van der Waals surface area contributed by atoms with Crippen molar-refractivity contribution >= 4 is 29.7 Å². The van der Waals surface area contributed by atoms with Crippen molar-refractivity contribution in [2.24, 2.45) is 4.99 Å². The Morgan fingerprint density at radius 2 is 2.08 bits per heavy atom. The molecule has 0 aromatic heterocycles. The molecule has 0 bridgehead atoms. The maximum atomic E-state index is 5.78. The minimum Gasteiger partial charge on any atom is -0.288 e. The van der Waals surface area contributed by atoms with Gasteiger partial charge in [-0.15, -0.1) is 24.0 Å². The van der Waals surface area contributed by atoms with Crippen LogP contribution in [0.1, 0.15) is 11.1 Å². The molecule has 0 unspecified atom stereocenters. The van der Waals surface area contributed by atoms with Crippen LogP contribution >= 0.6 is 24.0 Å². The minimum absolute atomic E-state index is 0. The highest BCUT2D eigenvalue weighted by Crippen LogP contribution is 2.15. The monoisotopic (exact) mass is 215 g/mol. The molecule has 13 heavy (non-hydrogen) atoms. The van der Waals surface area contributed by atoms with Crippen LogP contribution in [0.5, 0.6) is 0 Å². The lowest BCUT2D eigenvalue weighted by atomic mass is 9.99. The van der Waals surface area contributed by atoms with Gasteiger partial charge < -0.3 is 0 Å². The van der Waals surface area contributed by atoms with Gasteiger partial charge in [-0.3, -0.25) is 4.99 Å². The van der Waals surface area contributed by atoms with Crippen LogP contribution in [0.15, 0.2) is 29.3 Å². The Morgan fingerprint density at radius 1 is 1.31 bits per heavy atom. The summed E-state index contributed by atoms with van der Waals surface area (Å²) in [5.41, 5.74) is 3.65. The van der Waals surface area contributed by atoms with Gasteiger partial charge in [-0.25, -0.2) is 0 Å². The van der Waals surface area contributed by atoms with Gasteiger partial charge in [0.05, 0.1) is 11.6 Å². The highest BCUT2D eigenvalue weighted by atomic mass is 35.5. The van der Waals surface area contributed by atoms with Crippen LogP contribution in [0.4, 0.5) is 0 Å². The van der Waals surface area contributed by atoms with Gasteiger partial charge in [0.2, 0.25) is 0 Å². The van der Waals surface area contributed by atoms with Gasteiger partial charge in [-0.1, -0.05) is 24.3 Å². The zero-order valence-electron chi connectivity index (χ0n) is 7.16. The molecule has 0 atom stereocenters. The summed E-state index contributed by atoms with van der Waals surface area (Å²) < 4.78 is 0. The molecule has 1 aromatic carbocycles. The molecule has 1 heterocycles. The van der Waals surface area contributed by atoms with Gasteiger partial charge in [-0.2, -0.15) is 0 Å². The van der Waals surface area contributed by atoms with E-state index in [-0.39, 0.29) is 12.4 Å². The molecule has 0 spiro atoms. The maximum Gasteiger partial charge on any atom is 0.0649 e. The first-order valence-electron chi connectivity index (χ1n) is 4.09. The Kier molecular flexibility index (Phi) is 3.76. The molecular formula is C10H11Cl2N. The van der Waals surface area contributed by atoms with E-state index in [4.69, 9.17) is 11.6 Å². The molecule has 0 saturated carbocycles. The average molecular weight is 216 g/mol. The van der Waals surface area contributed by atoms with E-state index >= 15 is 0 Å². The molecule has 0 amide bonds. The lowest BCUT2D eigenvalue weighted by Crippen LogP contribution is -2.13. The van der Waals surface area contributed by atoms with Crippen LogP contribution in [-0.2, 0) is 6.42 Å². The van der Waals surface area contributed by atoms with Gasteiger partial charge in [0.25, 0.3) is 0 Å². The molecule has 0 radical (unpaired) electrons. The smallest absolute Gasteiger partial charge is 0.0649 e. The van der Waals surface area contributed by atoms with E-state index in [1.807, 2.05) is 6.07 Å². The molecule has 0 fully saturated rings. The third-order valence-electron chi connectivity index (χ3n) is 2.14. The average Bonchev–Trinajstić information content (AvgIpc) is 2.17. The summed E-state index contributed by atoms with van der Waals surface area (Å²) >= 11 is 5.78. The molecular weight excluding hydrogens is 205 g/mol. The minimum atomic E-state index is 0. The van der Waals surface area contributed by atoms with E-state index in [1.54, 1.807) is 0 Å². The fraction of sp³-hybridized carbons (Fsp3) is 0.300. The van der Waals surface area contributed by atoms with Gasteiger partial charge in [0, 0.05) is 6.54 Å². The predicted molar refractivity (Wildman–Crippen MR) is 59.5 cm³/mol. The van der Waals surface area contributed by atoms with E-state index in [0.29, 0.717) is 5.88 Å². The molecule has 70 valence electrons. The van der Waals surface area contributed by atoms with E-state index in [0.717, 1.165) is 18.7 Å². The standard InChI is InChI=1S/C10H10ClN.ClH/c11-7-10-9-4-2-1-3-8(9)5-6-12-10;/h1-4H,5-7H2;1H. The molecule has 2 rings (SSSR count). The quantitative estimate of drug-likeness (QED) is 0.640. The van der Waals surface area contributed by atoms with Crippen molar-refractivity contribution in [1.29, 1.82) is 0 Å². The Labute approximate surface area is 89.2 Å². The number of alkyl halides is 1. The number of hydrogen-bond acceptors (Lipinski definition) is 1. The largest absolute Gasteiger partial charge is 0.288 e. The molecule has 1 aliphatic rings. The summed E-state index contributed by atoms with van der Waals surface area (Å²) in [6.45, 7) is 0.888. The fourth-order valence-corrected chi connectivity index (χ4v) is 1.76. The van der Waals surface area contributed by atoms with Crippen molar-refractivity contribution in [1.82, 2.24) is 0 Å². The Hall–Kier alpha value is -0.530. The summed E-state index contributed by atoms with van der Waals surface area (Å²) in [5.74, 6) is 0.525. The predicted octanol–water partition coefficient (Wildman–Crippen LogP) is 2.69. The number of fused-ring (bicyclic) bond motifs is 1. The van der Waals surface area contributed by atoms with Gasteiger partial charge >= 0.3 is 0 Å². The van der Waals surface area contributed by atoms with E-state index < -0.39 is 0 Å². The maximum absolute atomic E-state index is 5.78. The first-order chi connectivity index (χ1) is 5.92. The second-order valence-corrected chi connectivity index (χ2v) is 3.14. The SMILES string of the molecule is Cl.ClCC1=NCCc2ccccc21. The van der Waals surface area contributed by atoms with Gasteiger partial charge in [0.1, 0.15) is 0 Å². The van der Waals surface area contributed by atoms with Crippen molar-refractivity contribution in [3.8, 4) is 0 Å².